The van der Waals surface area contributed by atoms with E-state index in [1.807, 2.05) is 66.2 Å². The fourth-order valence-corrected chi connectivity index (χ4v) is 4.41. The number of carbonyl (C=O) groups excluding carboxylic acids is 1. The third kappa shape index (κ3) is 2.38. The molecule has 5 nitrogen and oxygen atoms in total. The number of benzene rings is 2. The van der Waals surface area contributed by atoms with E-state index in [-0.39, 0.29) is 11.9 Å². The van der Waals surface area contributed by atoms with Gasteiger partial charge in [-0.1, -0.05) is 30.3 Å². The van der Waals surface area contributed by atoms with Gasteiger partial charge in [0.15, 0.2) is 0 Å². The Morgan fingerprint density at radius 1 is 1.04 bits per heavy atom. The number of nitrogens with zero attached hydrogens (tertiary/aromatic N) is 4. The smallest absolute Gasteiger partial charge is 0.256 e. The predicted octanol–water partition coefficient (Wildman–Crippen LogP) is 4.04. The molecular formula is C22H22N4O. The molecule has 2 aromatic carbocycles. The quantitative estimate of drug-likeness (QED) is 0.543. The topological polar surface area (TPSA) is 43.1 Å². The monoisotopic (exact) mass is 358 g/mol. The van der Waals surface area contributed by atoms with E-state index in [1.54, 1.807) is 0 Å². The van der Waals surface area contributed by atoms with Crippen LogP contribution in [0.2, 0.25) is 0 Å². The summed E-state index contributed by atoms with van der Waals surface area (Å²) in [5.41, 5.74) is 3.95. The lowest BCUT2D eigenvalue weighted by Crippen LogP contribution is -2.31. The molecule has 1 amide bonds. The lowest BCUT2D eigenvalue weighted by atomic mass is 10.1. The zero-order valence-electron chi connectivity index (χ0n) is 15.6. The summed E-state index contributed by atoms with van der Waals surface area (Å²) in [4.78, 5) is 20.3. The molecular weight excluding hydrogens is 336 g/mol. The van der Waals surface area contributed by atoms with Crippen LogP contribution in [0.4, 0.5) is 0 Å². The molecule has 5 heteroatoms. The van der Waals surface area contributed by atoms with Crippen molar-refractivity contribution in [2.75, 3.05) is 6.54 Å². The van der Waals surface area contributed by atoms with Gasteiger partial charge in [-0.3, -0.25) is 4.79 Å². The van der Waals surface area contributed by atoms with Gasteiger partial charge in [-0.25, -0.2) is 4.98 Å². The molecule has 0 radical (unpaired) electrons. The lowest BCUT2D eigenvalue weighted by Gasteiger charge is -2.24. The van der Waals surface area contributed by atoms with E-state index in [4.69, 9.17) is 4.98 Å². The average molecular weight is 358 g/mol. The van der Waals surface area contributed by atoms with Crippen LogP contribution in [-0.2, 0) is 14.1 Å². The molecule has 3 heterocycles. The molecule has 0 N–H and O–H groups in total. The zero-order chi connectivity index (χ0) is 18.5. The molecule has 1 saturated heterocycles. The van der Waals surface area contributed by atoms with Crippen molar-refractivity contribution in [2.45, 2.75) is 18.9 Å². The Bertz CT molecular complexity index is 1170. The van der Waals surface area contributed by atoms with E-state index in [1.165, 1.54) is 0 Å². The number of amides is 1. The summed E-state index contributed by atoms with van der Waals surface area (Å²) < 4.78 is 4.16. The van der Waals surface area contributed by atoms with Gasteiger partial charge in [-0.05, 0) is 31.0 Å². The van der Waals surface area contributed by atoms with Crippen molar-refractivity contribution in [3.63, 3.8) is 0 Å². The Labute approximate surface area is 157 Å². The van der Waals surface area contributed by atoms with E-state index in [0.29, 0.717) is 0 Å². The number of aromatic nitrogens is 3. The molecule has 0 bridgehead atoms. The number of hydrogen-bond acceptors (Lipinski definition) is 2. The molecule has 1 aliphatic rings. The molecule has 0 saturated carbocycles. The highest BCUT2D eigenvalue weighted by molar-refractivity contribution is 6.07. The summed E-state index contributed by atoms with van der Waals surface area (Å²) in [5, 5.41) is 1.01. The Morgan fingerprint density at radius 3 is 2.59 bits per heavy atom. The second kappa shape index (κ2) is 5.98. The van der Waals surface area contributed by atoms with Crippen LogP contribution in [0.15, 0.2) is 54.7 Å². The maximum atomic E-state index is 13.5. The van der Waals surface area contributed by atoms with Gasteiger partial charge >= 0.3 is 0 Å². The maximum absolute atomic E-state index is 13.5. The SMILES string of the molecule is Cn1cc(C(=O)N2CCC[C@H]2c2nc3ccccc3n2C)c2ccccc21. The Balaban J connectivity index is 1.57. The van der Waals surface area contributed by atoms with Gasteiger partial charge in [0.05, 0.1) is 22.6 Å². The van der Waals surface area contributed by atoms with Gasteiger partial charge in [0.25, 0.3) is 5.91 Å². The largest absolute Gasteiger partial charge is 0.350 e. The van der Waals surface area contributed by atoms with Gasteiger partial charge < -0.3 is 14.0 Å². The van der Waals surface area contributed by atoms with Crippen LogP contribution in [0.3, 0.4) is 0 Å². The maximum Gasteiger partial charge on any atom is 0.256 e. The first kappa shape index (κ1) is 16.1. The molecule has 2 aromatic heterocycles. The van der Waals surface area contributed by atoms with Gasteiger partial charge in [-0.2, -0.15) is 0 Å². The number of hydrogen-bond donors (Lipinski definition) is 0. The van der Waals surface area contributed by atoms with E-state index in [0.717, 1.165) is 52.7 Å². The van der Waals surface area contributed by atoms with E-state index < -0.39 is 0 Å². The molecule has 27 heavy (non-hydrogen) atoms. The molecule has 1 atom stereocenters. The fraction of sp³-hybridized carbons (Fsp3) is 0.273. The van der Waals surface area contributed by atoms with E-state index >= 15 is 0 Å². The van der Waals surface area contributed by atoms with Crippen LogP contribution in [0.25, 0.3) is 21.9 Å². The summed E-state index contributed by atoms with van der Waals surface area (Å²) >= 11 is 0. The Kier molecular flexibility index (Phi) is 3.57. The van der Waals surface area contributed by atoms with Crippen LogP contribution >= 0.6 is 0 Å². The molecule has 136 valence electrons. The van der Waals surface area contributed by atoms with Crippen molar-refractivity contribution in [1.82, 2.24) is 19.0 Å². The average Bonchev–Trinajstić information content (AvgIpc) is 3.38. The number of fused-ring (bicyclic) bond motifs is 2. The summed E-state index contributed by atoms with van der Waals surface area (Å²) in [6.07, 6.45) is 3.91. The van der Waals surface area contributed by atoms with E-state index in [9.17, 15) is 4.79 Å². The standard InChI is InChI=1S/C22H22N4O/c1-24-14-16(15-8-3-5-10-18(15)24)22(27)26-13-7-12-20(26)21-23-17-9-4-6-11-19(17)25(21)2/h3-6,8-11,14,20H,7,12-13H2,1-2H3/t20-/m0/s1. The first-order valence-electron chi connectivity index (χ1n) is 9.41. The van der Waals surface area contributed by atoms with Crippen molar-refractivity contribution in [3.05, 3.63) is 66.1 Å². The lowest BCUT2D eigenvalue weighted by molar-refractivity contribution is 0.0730. The van der Waals surface area contributed by atoms with E-state index in [2.05, 4.69) is 16.7 Å². The number of likely N-dealkylation sites (tertiary alicyclic amines) is 1. The molecule has 0 unspecified atom stereocenters. The van der Waals surface area contributed by atoms with Crippen LogP contribution in [0.5, 0.6) is 0 Å². The van der Waals surface area contributed by atoms with Crippen molar-refractivity contribution in [3.8, 4) is 0 Å². The number of imidazole rings is 1. The summed E-state index contributed by atoms with van der Waals surface area (Å²) in [6.45, 7) is 0.774. The van der Waals surface area contributed by atoms with Crippen LogP contribution in [-0.4, -0.2) is 31.5 Å². The third-order valence-corrected chi connectivity index (χ3v) is 5.76. The first-order valence-corrected chi connectivity index (χ1v) is 9.41. The summed E-state index contributed by atoms with van der Waals surface area (Å²) in [6, 6.07) is 16.3. The molecule has 0 aliphatic carbocycles. The minimum absolute atomic E-state index is 0.0221. The molecule has 4 aromatic rings. The number of carbonyl (C=O) groups is 1. The van der Waals surface area contributed by atoms with Crippen molar-refractivity contribution in [2.24, 2.45) is 14.1 Å². The molecule has 5 rings (SSSR count). The number of rotatable bonds is 2. The van der Waals surface area contributed by atoms with Crippen LogP contribution < -0.4 is 0 Å². The highest BCUT2D eigenvalue weighted by atomic mass is 16.2. The van der Waals surface area contributed by atoms with Crippen LogP contribution in [0, 0.1) is 0 Å². The minimum atomic E-state index is 0.0221. The fourth-order valence-electron chi connectivity index (χ4n) is 4.41. The second-order valence-electron chi connectivity index (χ2n) is 7.35. The zero-order valence-corrected chi connectivity index (χ0v) is 15.6. The predicted molar refractivity (Wildman–Crippen MR) is 107 cm³/mol. The minimum Gasteiger partial charge on any atom is -0.350 e. The van der Waals surface area contributed by atoms with Gasteiger partial charge in [0.1, 0.15) is 5.82 Å². The van der Waals surface area contributed by atoms with Crippen LogP contribution in [0.1, 0.15) is 35.1 Å². The Hall–Kier alpha value is -3.08. The molecule has 0 spiro atoms. The highest BCUT2D eigenvalue weighted by Crippen LogP contribution is 2.35. The van der Waals surface area contributed by atoms with Crippen molar-refractivity contribution in [1.29, 1.82) is 0 Å². The summed E-state index contributed by atoms with van der Waals surface area (Å²) in [5.74, 6) is 1.07. The highest BCUT2D eigenvalue weighted by Gasteiger charge is 2.34. The van der Waals surface area contributed by atoms with Crippen molar-refractivity contribution < 1.29 is 4.79 Å². The number of para-hydroxylation sites is 3. The summed E-state index contributed by atoms with van der Waals surface area (Å²) in [7, 11) is 4.04. The second-order valence-corrected chi connectivity index (χ2v) is 7.35. The Morgan fingerprint density at radius 2 is 1.78 bits per heavy atom. The molecule has 1 fully saturated rings. The number of aryl methyl sites for hydroxylation is 2. The van der Waals surface area contributed by atoms with Gasteiger partial charge in [0.2, 0.25) is 0 Å². The van der Waals surface area contributed by atoms with Gasteiger partial charge in [-0.15, -0.1) is 0 Å². The van der Waals surface area contributed by atoms with Crippen molar-refractivity contribution >= 4 is 27.8 Å². The normalized spacial score (nSPS) is 17.3. The first-order chi connectivity index (χ1) is 13.1. The van der Waals surface area contributed by atoms with Gasteiger partial charge in [0, 0.05) is 37.7 Å². The third-order valence-electron chi connectivity index (χ3n) is 5.76. The molecule has 1 aliphatic heterocycles.